The highest BCUT2D eigenvalue weighted by Gasteiger charge is 2.11. The van der Waals surface area contributed by atoms with Gasteiger partial charge in [0.1, 0.15) is 11.5 Å². The van der Waals surface area contributed by atoms with Gasteiger partial charge in [0, 0.05) is 24.7 Å². The van der Waals surface area contributed by atoms with Crippen LogP contribution < -0.4 is 15.2 Å². The van der Waals surface area contributed by atoms with Crippen molar-refractivity contribution in [2.45, 2.75) is 19.9 Å². The van der Waals surface area contributed by atoms with Gasteiger partial charge in [-0.25, -0.2) is 0 Å². The van der Waals surface area contributed by atoms with Gasteiger partial charge >= 0.3 is 0 Å². The molecule has 1 unspecified atom stereocenters. The van der Waals surface area contributed by atoms with Crippen LogP contribution in [0.25, 0.3) is 0 Å². The number of benzene rings is 1. The Balaban J connectivity index is 2.70. The number of rotatable bonds is 8. The highest BCUT2D eigenvalue weighted by Crippen LogP contribution is 2.25. The Morgan fingerprint density at radius 3 is 2.53 bits per heavy atom. The molecular weight excluding hydrogens is 240 g/mol. The van der Waals surface area contributed by atoms with Crippen molar-refractivity contribution in [1.29, 1.82) is 0 Å². The fourth-order valence-electron chi connectivity index (χ4n) is 2.15. The van der Waals surface area contributed by atoms with Crippen molar-refractivity contribution in [2.24, 2.45) is 11.7 Å². The molecule has 4 heteroatoms. The molecule has 0 spiro atoms. The molecule has 0 saturated heterocycles. The van der Waals surface area contributed by atoms with Crippen LogP contribution in [0.1, 0.15) is 18.9 Å². The van der Waals surface area contributed by atoms with Crippen molar-refractivity contribution in [3.8, 4) is 11.5 Å². The van der Waals surface area contributed by atoms with E-state index < -0.39 is 0 Å². The molecule has 0 amide bonds. The van der Waals surface area contributed by atoms with Crippen molar-refractivity contribution in [3.63, 3.8) is 0 Å². The minimum Gasteiger partial charge on any atom is -0.497 e. The first-order valence-electron chi connectivity index (χ1n) is 6.74. The van der Waals surface area contributed by atoms with Gasteiger partial charge in [0.15, 0.2) is 0 Å². The van der Waals surface area contributed by atoms with E-state index in [4.69, 9.17) is 15.2 Å². The zero-order chi connectivity index (χ0) is 14.3. The molecule has 1 aromatic carbocycles. The number of nitrogens with zero attached hydrogens (tertiary/aromatic N) is 1. The van der Waals surface area contributed by atoms with E-state index in [0.717, 1.165) is 43.1 Å². The molecule has 2 N–H and O–H groups in total. The Morgan fingerprint density at radius 2 is 2.00 bits per heavy atom. The van der Waals surface area contributed by atoms with E-state index >= 15 is 0 Å². The van der Waals surface area contributed by atoms with Crippen molar-refractivity contribution >= 4 is 0 Å². The number of hydrogen-bond acceptors (Lipinski definition) is 4. The molecule has 0 radical (unpaired) electrons. The lowest BCUT2D eigenvalue weighted by atomic mass is 10.1. The summed E-state index contributed by atoms with van der Waals surface area (Å²) in [5, 5.41) is 0. The average molecular weight is 266 g/mol. The van der Waals surface area contributed by atoms with E-state index in [-0.39, 0.29) is 0 Å². The average Bonchev–Trinajstić information content (AvgIpc) is 2.45. The quantitative estimate of drug-likeness (QED) is 0.783. The minimum absolute atomic E-state index is 0.550. The fraction of sp³-hybridized carbons (Fsp3) is 0.600. The second-order valence-electron chi connectivity index (χ2n) is 4.88. The topological polar surface area (TPSA) is 47.7 Å². The molecule has 1 rings (SSSR count). The summed E-state index contributed by atoms with van der Waals surface area (Å²) in [6, 6.07) is 5.94. The molecule has 0 saturated carbocycles. The smallest absolute Gasteiger partial charge is 0.127 e. The molecule has 0 aliphatic carbocycles. The highest BCUT2D eigenvalue weighted by molar-refractivity contribution is 5.40. The predicted molar refractivity (Wildman–Crippen MR) is 78.7 cm³/mol. The maximum Gasteiger partial charge on any atom is 0.127 e. The summed E-state index contributed by atoms with van der Waals surface area (Å²) in [5.74, 6) is 2.23. The molecule has 1 aromatic rings. The Labute approximate surface area is 116 Å². The molecule has 0 aromatic heterocycles. The van der Waals surface area contributed by atoms with E-state index in [1.54, 1.807) is 14.2 Å². The van der Waals surface area contributed by atoms with E-state index in [2.05, 4.69) is 24.9 Å². The first-order chi connectivity index (χ1) is 9.14. The van der Waals surface area contributed by atoms with E-state index in [1.165, 1.54) is 0 Å². The van der Waals surface area contributed by atoms with Gasteiger partial charge in [-0.05, 0) is 25.6 Å². The van der Waals surface area contributed by atoms with E-state index in [0.29, 0.717) is 5.92 Å². The first kappa shape index (κ1) is 15.8. The summed E-state index contributed by atoms with van der Waals surface area (Å²) in [6.07, 6.45) is 1.11. The maximum atomic E-state index is 5.75. The van der Waals surface area contributed by atoms with Gasteiger partial charge in [0.2, 0.25) is 0 Å². The van der Waals surface area contributed by atoms with Crippen molar-refractivity contribution < 1.29 is 9.47 Å². The second-order valence-corrected chi connectivity index (χ2v) is 4.88. The number of ether oxygens (including phenoxy) is 2. The SMILES string of the molecule is CCC(CN)CN(C)Cc1ccc(OC)cc1OC. The van der Waals surface area contributed by atoms with Crippen molar-refractivity contribution in [1.82, 2.24) is 4.90 Å². The highest BCUT2D eigenvalue weighted by atomic mass is 16.5. The number of methoxy groups -OCH3 is 2. The lowest BCUT2D eigenvalue weighted by Gasteiger charge is -2.23. The Kier molecular flexibility index (Phi) is 6.67. The van der Waals surface area contributed by atoms with Crippen molar-refractivity contribution in [2.75, 3.05) is 34.4 Å². The van der Waals surface area contributed by atoms with Crippen LogP contribution in [0.3, 0.4) is 0 Å². The van der Waals surface area contributed by atoms with Crippen LogP contribution in [0.2, 0.25) is 0 Å². The van der Waals surface area contributed by atoms with Crippen LogP contribution in [0.5, 0.6) is 11.5 Å². The summed E-state index contributed by atoms with van der Waals surface area (Å²) >= 11 is 0. The third kappa shape index (κ3) is 4.73. The van der Waals surface area contributed by atoms with Gasteiger partial charge in [0.25, 0.3) is 0 Å². The summed E-state index contributed by atoms with van der Waals surface area (Å²) < 4.78 is 10.6. The molecule has 1 atom stereocenters. The predicted octanol–water partition coefficient (Wildman–Crippen LogP) is 2.12. The van der Waals surface area contributed by atoms with Crippen LogP contribution in [0, 0.1) is 5.92 Å². The second kappa shape index (κ2) is 8.02. The lowest BCUT2D eigenvalue weighted by Crippen LogP contribution is -2.29. The third-order valence-corrected chi connectivity index (χ3v) is 3.42. The fourth-order valence-corrected chi connectivity index (χ4v) is 2.15. The Morgan fingerprint density at radius 1 is 1.26 bits per heavy atom. The van der Waals surface area contributed by atoms with Crippen LogP contribution in [-0.2, 0) is 6.54 Å². The first-order valence-corrected chi connectivity index (χ1v) is 6.74. The van der Waals surface area contributed by atoms with Gasteiger partial charge in [-0.1, -0.05) is 19.4 Å². The Hall–Kier alpha value is -1.26. The normalized spacial score (nSPS) is 12.5. The van der Waals surface area contributed by atoms with Gasteiger partial charge < -0.3 is 20.1 Å². The lowest BCUT2D eigenvalue weighted by molar-refractivity contribution is 0.263. The standard InChI is InChI=1S/C15H26N2O2/c1-5-12(9-16)10-17(2)11-13-6-7-14(18-3)8-15(13)19-4/h6-8,12H,5,9-11,16H2,1-4H3. The van der Waals surface area contributed by atoms with Gasteiger partial charge in [-0.3, -0.25) is 0 Å². The van der Waals surface area contributed by atoms with Gasteiger partial charge in [-0.15, -0.1) is 0 Å². The Bertz CT molecular complexity index is 378. The molecule has 0 bridgehead atoms. The molecule has 19 heavy (non-hydrogen) atoms. The molecule has 0 aliphatic rings. The monoisotopic (exact) mass is 266 g/mol. The number of nitrogens with two attached hydrogens (primary N) is 1. The third-order valence-electron chi connectivity index (χ3n) is 3.42. The maximum absolute atomic E-state index is 5.75. The van der Waals surface area contributed by atoms with Gasteiger partial charge in [-0.2, -0.15) is 0 Å². The zero-order valence-electron chi connectivity index (χ0n) is 12.5. The molecule has 0 aliphatic heterocycles. The van der Waals surface area contributed by atoms with Crippen molar-refractivity contribution in [3.05, 3.63) is 23.8 Å². The largest absolute Gasteiger partial charge is 0.497 e. The van der Waals surface area contributed by atoms with Crippen LogP contribution >= 0.6 is 0 Å². The summed E-state index contributed by atoms with van der Waals surface area (Å²) in [7, 11) is 5.46. The zero-order valence-corrected chi connectivity index (χ0v) is 12.5. The molecule has 108 valence electrons. The molecule has 4 nitrogen and oxygen atoms in total. The van der Waals surface area contributed by atoms with E-state index in [9.17, 15) is 0 Å². The van der Waals surface area contributed by atoms with Crippen LogP contribution in [0.15, 0.2) is 18.2 Å². The molecule has 0 heterocycles. The molecule has 0 fully saturated rings. The van der Waals surface area contributed by atoms with Crippen LogP contribution in [0.4, 0.5) is 0 Å². The number of hydrogen-bond donors (Lipinski definition) is 1. The van der Waals surface area contributed by atoms with E-state index in [1.807, 2.05) is 12.1 Å². The molecular formula is C15H26N2O2. The van der Waals surface area contributed by atoms with Gasteiger partial charge in [0.05, 0.1) is 14.2 Å². The summed E-state index contributed by atoms with van der Waals surface area (Å²) in [6.45, 7) is 4.77. The minimum atomic E-state index is 0.550. The summed E-state index contributed by atoms with van der Waals surface area (Å²) in [4.78, 5) is 2.28. The van der Waals surface area contributed by atoms with Crippen LogP contribution in [-0.4, -0.2) is 39.3 Å². The summed E-state index contributed by atoms with van der Waals surface area (Å²) in [5.41, 5.74) is 6.92.